The molecule has 158 valence electrons. The SMILES string of the molecule is O=S(=O)(c1ccc(F)c(Cl)c1)N1CCN(Cc2ncc(-c3ccc(Cl)cc3)o2)CC1. The maximum absolute atomic E-state index is 13.3. The Hall–Kier alpha value is -1.97. The number of rotatable bonds is 5. The molecule has 1 fully saturated rings. The lowest BCUT2D eigenvalue weighted by molar-refractivity contribution is 0.168. The topological polar surface area (TPSA) is 66.7 Å². The van der Waals surface area contributed by atoms with Gasteiger partial charge in [0.1, 0.15) is 5.82 Å². The molecule has 0 spiro atoms. The Morgan fingerprint density at radius 1 is 1.03 bits per heavy atom. The summed E-state index contributed by atoms with van der Waals surface area (Å²) in [5.41, 5.74) is 0.882. The maximum atomic E-state index is 13.3. The van der Waals surface area contributed by atoms with Gasteiger partial charge in [0.2, 0.25) is 15.9 Å². The average molecular weight is 470 g/mol. The van der Waals surface area contributed by atoms with Crippen molar-refractivity contribution >= 4 is 33.2 Å². The molecule has 0 atom stereocenters. The first kappa shape index (κ1) is 21.3. The van der Waals surface area contributed by atoms with E-state index in [9.17, 15) is 12.8 Å². The van der Waals surface area contributed by atoms with Crippen molar-refractivity contribution in [2.45, 2.75) is 11.4 Å². The van der Waals surface area contributed by atoms with E-state index in [0.29, 0.717) is 49.4 Å². The summed E-state index contributed by atoms with van der Waals surface area (Å²) >= 11 is 11.6. The number of nitrogens with zero attached hydrogens (tertiary/aromatic N) is 3. The first-order valence-electron chi connectivity index (χ1n) is 9.21. The van der Waals surface area contributed by atoms with Crippen molar-refractivity contribution in [3.8, 4) is 11.3 Å². The quantitative estimate of drug-likeness (QED) is 0.557. The van der Waals surface area contributed by atoms with E-state index in [0.717, 1.165) is 17.7 Å². The smallest absolute Gasteiger partial charge is 0.243 e. The van der Waals surface area contributed by atoms with Gasteiger partial charge in [-0.15, -0.1) is 0 Å². The summed E-state index contributed by atoms with van der Waals surface area (Å²) < 4.78 is 46.1. The van der Waals surface area contributed by atoms with E-state index >= 15 is 0 Å². The summed E-state index contributed by atoms with van der Waals surface area (Å²) in [4.78, 5) is 6.38. The molecule has 1 aliphatic rings. The van der Waals surface area contributed by atoms with Crippen molar-refractivity contribution in [3.05, 3.63) is 70.4 Å². The van der Waals surface area contributed by atoms with Crippen LogP contribution in [0.15, 0.2) is 58.0 Å². The Labute approximate surface area is 183 Å². The first-order valence-corrected chi connectivity index (χ1v) is 11.4. The van der Waals surface area contributed by atoms with Crippen LogP contribution >= 0.6 is 23.2 Å². The van der Waals surface area contributed by atoms with E-state index in [1.165, 1.54) is 10.4 Å². The zero-order valence-corrected chi connectivity index (χ0v) is 18.1. The molecule has 1 saturated heterocycles. The fourth-order valence-electron chi connectivity index (χ4n) is 3.24. The largest absolute Gasteiger partial charge is 0.439 e. The van der Waals surface area contributed by atoms with Crippen LogP contribution in [-0.2, 0) is 16.6 Å². The van der Waals surface area contributed by atoms with Crippen molar-refractivity contribution in [1.82, 2.24) is 14.2 Å². The normalized spacial score (nSPS) is 16.1. The second-order valence-electron chi connectivity index (χ2n) is 6.88. The Bertz CT molecular complexity index is 1140. The minimum absolute atomic E-state index is 0.0114. The zero-order chi connectivity index (χ0) is 21.3. The standard InChI is InChI=1S/C20H18Cl2FN3O3S/c21-15-3-1-14(2-4-15)19-12-24-20(29-19)13-25-7-9-26(10-8-25)30(27,28)16-5-6-18(23)17(22)11-16/h1-6,11-12H,7-10,13H2. The van der Waals surface area contributed by atoms with Gasteiger partial charge in [-0.25, -0.2) is 17.8 Å². The summed E-state index contributed by atoms with van der Waals surface area (Å²) in [6.45, 7) is 2.13. The van der Waals surface area contributed by atoms with Gasteiger partial charge in [0, 0.05) is 36.8 Å². The number of halogens is 3. The number of benzene rings is 2. The molecule has 3 aromatic rings. The summed E-state index contributed by atoms with van der Waals surface area (Å²) in [7, 11) is -3.73. The third-order valence-corrected chi connectivity index (χ3v) is 7.34. The van der Waals surface area contributed by atoms with Crippen molar-refractivity contribution < 1.29 is 17.2 Å². The lowest BCUT2D eigenvalue weighted by Gasteiger charge is -2.33. The van der Waals surface area contributed by atoms with Crippen LogP contribution in [0.5, 0.6) is 0 Å². The number of oxazole rings is 1. The third kappa shape index (κ3) is 4.53. The highest BCUT2D eigenvalue weighted by molar-refractivity contribution is 7.89. The van der Waals surface area contributed by atoms with Crippen molar-refractivity contribution in [1.29, 1.82) is 0 Å². The molecule has 1 aromatic heterocycles. The van der Waals surface area contributed by atoms with Gasteiger partial charge < -0.3 is 4.42 Å². The van der Waals surface area contributed by atoms with Crippen LogP contribution in [0, 0.1) is 5.82 Å². The molecule has 0 bridgehead atoms. The van der Waals surface area contributed by atoms with Crippen LogP contribution in [0.1, 0.15) is 5.89 Å². The fourth-order valence-corrected chi connectivity index (χ4v) is 5.06. The van der Waals surface area contributed by atoms with E-state index in [-0.39, 0.29) is 9.92 Å². The van der Waals surface area contributed by atoms with Crippen LogP contribution in [-0.4, -0.2) is 48.8 Å². The Kier molecular flexibility index (Phi) is 6.13. The van der Waals surface area contributed by atoms with E-state index in [1.807, 2.05) is 12.1 Å². The molecule has 0 aliphatic carbocycles. The summed E-state index contributed by atoms with van der Waals surface area (Å²) in [5.74, 6) is 0.557. The van der Waals surface area contributed by atoms with Crippen LogP contribution in [0.2, 0.25) is 10.0 Å². The van der Waals surface area contributed by atoms with Crippen LogP contribution in [0.3, 0.4) is 0 Å². The van der Waals surface area contributed by atoms with Crippen molar-refractivity contribution in [2.24, 2.45) is 0 Å². The number of sulfonamides is 1. The number of hydrogen-bond acceptors (Lipinski definition) is 5. The van der Waals surface area contributed by atoms with Gasteiger partial charge in [0.25, 0.3) is 0 Å². The number of hydrogen-bond donors (Lipinski definition) is 0. The molecule has 1 aliphatic heterocycles. The molecule has 0 saturated carbocycles. The van der Waals surface area contributed by atoms with Gasteiger partial charge >= 0.3 is 0 Å². The van der Waals surface area contributed by atoms with Crippen LogP contribution in [0.25, 0.3) is 11.3 Å². The van der Waals surface area contributed by atoms with Crippen LogP contribution in [0.4, 0.5) is 4.39 Å². The zero-order valence-electron chi connectivity index (χ0n) is 15.8. The first-order chi connectivity index (χ1) is 14.3. The third-order valence-electron chi connectivity index (χ3n) is 4.90. The van der Waals surface area contributed by atoms with Gasteiger partial charge in [0.05, 0.1) is 22.7 Å². The van der Waals surface area contributed by atoms with E-state index in [4.69, 9.17) is 27.6 Å². The molecule has 0 amide bonds. The molecule has 10 heteroatoms. The minimum atomic E-state index is -3.73. The second kappa shape index (κ2) is 8.64. The number of piperazine rings is 1. The highest BCUT2D eigenvalue weighted by atomic mass is 35.5. The number of aromatic nitrogens is 1. The lowest BCUT2D eigenvalue weighted by Crippen LogP contribution is -2.48. The summed E-state index contributed by atoms with van der Waals surface area (Å²) in [6.07, 6.45) is 1.66. The van der Waals surface area contributed by atoms with Gasteiger partial charge in [-0.3, -0.25) is 4.90 Å². The molecule has 0 unspecified atom stereocenters. The van der Waals surface area contributed by atoms with Gasteiger partial charge in [-0.05, 0) is 42.5 Å². The maximum Gasteiger partial charge on any atom is 0.243 e. The van der Waals surface area contributed by atoms with E-state index in [2.05, 4.69) is 9.88 Å². The Morgan fingerprint density at radius 2 is 1.73 bits per heavy atom. The molecule has 6 nitrogen and oxygen atoms in total. The van der Waals surface area contributed by atoms with Crippen LogP contribution < -0.4 is 0 Å². The van der Waals surface area contributed by atoms with Crippen molar-refractivity contribution in [3.63, 3.8) is 0 Å². The monoisotopic (exact) mass is 469 g/mol. The second-order valence-corrected chi connectivity index (χ2v) is 9.66. The predicted octanol–water partition coefficient (Wildman–Crippen LogP) is 4.29. The minimum Gasteiger partial charge on any atom is -0.439 e. The average Bonchev–Trinajstić information content (AvgIpc) is 3.19. The lowest BCUT2D eigenvalue weighted by atomic mass is 10.2. The Morgan fingerprint density at radius 3 is 2.40 bits per heavy atom. The van der Waals surface area contributed by atoms with E-state index < -0.39 is 15.8 Å². The molecular formula is C20H18Cl2FN3O3S. The van der Waals surface area contributed by atoms with Gasteiger partial charge in [-0.1, -0.05) is 23.2 Å². The molecular weight excluding hydrogens is 452 g/mol. The van der Waals surface area contributed by atoms with Gasteiger partial charge in [0.15, 0.2) is 5.76 Å². The molecule has 0 N–H and O–H groups in total. The van der Waals surface area contributed by atoms with Gasteiger partial charge in [-0.2, -0.15) is 4.31 Å². The highest BCUT2D eigenvalue weighted by Crippen LogP contribution is 2.25. The molecule has 30 heavy (non-hydrogen) atoms. The summed E-state index contributed by atoms with van der Waals surface area (Å²) in [6, 6.07) is 10.7. The Balaban J connectivity index is 1.38. The predicted molar refractivity (Wildman–Crippen MR) is 112 cm³/mol. The fraction of sp³-hybridized carbons (Fsp3) is 0.250. The van der Waals surface area contributed by atoms with Crippen molar-refractivity contribution in [2.75, 3.05) is 26.2 Å². The van der Waals surface area contributed by atoms with E-state index in [1.54, 1.807) is 18.3 Å². The molecule has 2 aromatic carbocycles. The molecule has 4 rings (SSSR count). The highest BCUT2D eigenvalue weighted by Gasteiger charge is 2.29. The molecule has 2 heterocycles. The summed E-state index contributed by atoms with van der Waals surface area (Å²) in [5, 5.41) is 0.435. The molecule has 0 radical (unpaired) electrons.